The minimum absolute atomic E-state index is 0.0881. The van der Waals surface area contributed by atoms with Crippen LogP contribution in [0, 0.1) is 10.1 Å². The van der Waals surface area contributed by atoms with Crippen molar-refractivity contribution in [3.05, 3.63) is 80.8 Å². The Kier molecular flexibility index (Phi) is 5.87. The lowest BCUT2D eigenvalue weighted by molar-refractivity contribution is -0.385. The first kappa shape index (κ1) is 20.0. The number of rotatable bonds is 7. The fourth-order valence-corrected chi connectivity index (χ4v) is 2.93. The van der Waals surface area contributed by atoms with Crippen molar-refractivity contribution in [2.24, 2.45) is 0 Å². The van der Waals surface area contributed by atoms with Crippen molar-refractivity contribution in [1.82, 2.24) is 9.38 Å². The number of nitro groups is 1. The molecule has 0 aliphatic carbocycles. The molecular weight excluding hydrogens is 376 g/mol. The number of fused-ring (bicyclic) bond motifs is 1. The van der Waals surface area contributed by atoms with Crippen LogP contribution in [0.25, 0.3) is 5.65 Å². The minimum atomic E-state index is -0.806. The molecule has 0 fully saturated rings. The summed E-state index contributed by atoms with van der Waals surface area (Å²) in [6.45, 7) is 3.47. The first-order valence-corrected chi connectivity index (χ1v) is 9.03. The van der Waals surface area contributed by atoms with Gasteiger partial charge in [-0.25, -0.2) is 4.98 Å². The number of ether oxygens (including phenoxy) is 1. The quantitative estimate of drug-likeness (QED) is 0.370. The lowest BCUT2D eigenvalue weighted by Crippen LogP contribution is -2.24. The largest absolute Gasteiger partial charge is 0.463 e. The summed E-state index contributed by atoms with van der Waals surface area (Å²) in [7, 11) is 0. The van der Waals surface area contributed by atoms with Crippen LogP contribution >= 0.6 is 0 Å². The maximum absolute atomic E-state index is 12.6. The van der Waals surface area contributed by atoms with E-state index in [1.807, 2.05) is 6.07 Å². The second-order valence-electron chi connectivity index (χ2n) is 6.65. The molecule has 0 amide bonds. The van der Waals surface area contributed by atoms with Gasteiger partial charge >= 0.3 is 17.2 Å². The van der Waals surface area contributed by atoms with Gasteiger partial charge in [-0.2, -0.15) is 0 Å². The number of hydrogen-bond acceptors (Lipinski definition) is 7. The third-order valence-corrected chi connectivity index (χ3v) is 4.14. The van der Waals surface area contributed by atoms with Crippen LogP contribution in [-0.4, -0.2) is 26.4 Å². The molecule has 0 saturated heterocycles. The zero-order valence-electron chi connectivity index (χ0n) is 15.9. The molecule has 0 aliphatic rings. The van der Waals surface area contributed by atoms with Crippen molar-refractivity contribution in [3.8, 4) is 0 Å². The molecule has 0 radical (unpaired) electrons. The number of carbonyl (C=O) groups excluding carboxylic acids is 1. The van der Waals surface area contributed by atoms with Crippen LogP contribution in [0.1, 0.15) is 31.9 Å². The fraction of sp³-hybridized carbons (Fsp3) is 0.250. The predicted molar refractivity (Wildman–Crippen MR) is 107 cm³/mol. The van der Waals surface area contributed by atoms with Gasteiger partial charge < -0.3 is 10.1 Å². The zero-order valence-corrected chi connectivity index (χ0v) is 15.9. The van der Waals surface area contributed by atoms with Crippen LogP contribution in [0.15, 0.2) is 59.5 Å². The van der Waals surface area contributed by atoms with Gasteiger partial charge in [0.15, 0.2) is 0 Å². The van der Waals surface area contributed by atoms with Crippen LogP contribution in [0.2, 0.25) is 0 Å². The van der Waals surface area contributed by atoms with E-state index in [9.17, 15) is 19.7 Å². The highest BCUT2D eigenvalue weighted by molar-refractivity contribution is 5.72. The van der Waals surface area contributed by atoms with E-state index in [0.29, 0.717) is 5.56 Å². The van der Waals surface area contributed by atoms with Crippen molar-refractivity contribution in [3.63, 3.8) is 0 Å². The van der Waals surface area contributed by atoms with Gasteiger partial charge in [0.05, 0.1) is 23.5 Å². The van der Waals surface area contributed by atoms with E-state index in [4.69, 9.17) is 4.74 Å². The normalized spacial score (nSPS) is 12.0. The summed E-state index contributed by atoms with van der Waals surface area (Å²) in [4.78, 5) is 39.9. The Balaban J connectivity index is 2.06. The van der Waals surface area contributed by atoms with Gasteiger partial charge in [-0.1, -0.05) is 36.4 Å². The van der Waals surface area contributed by atoms with Gasteiger partial charge in [0.1, 0.15) is 5.65 Å². The average molecular weight is 396 g/mol. The SMILES string of the molecule is CC(C)OC(=O)C[C@H](Nc1nc2ccccn2c(=O)c1[N+](=O)[O-])c1ccccc1. The summed E-state index contributed by atoms with van der Waals surface area (Å²) < 4.78 is 6.32. The third kappa shape index (κ3) is 4.57. The highest BCUT2D eigenvalue weighted by atomic mass is 16.6. The second-order valence-corrected chi connectivity index (χ2v) is 6.65. The molecule has 3 aromatic rings. The van der Waals surface area contributed by atoms with Gasteiger partial charge in [-0.05, 0) is 31.5 Å². The van der Waals surface area contributed by atoms with Gasteiger partial charge in [-0.3, -0.25) is 24.1 Å². The molecule has 1 atom stereocenters. The monoisotopic (exact) mass is 396 g/mol. The predicted octanol–water partition coefficient (Wildman–Crippen LogP) is 3.10. The Bertz CT molecular complexity index is 1090. The van der Waals surface area contributed by atoms with E-state index in [1.54, 1.807) is 56.3 Å². The molecule has 0 spiro atoms. The zero-order chi connectivity index (χ0) is 21.0. The van der Waals surface area contributed by atoms with Crippen LogP contribution in [0.3, 0.4) is 0 Å². The lowest BCUT2D eigenvalue weighted by atomic mass is 10.0. The van der Waals surface area contributed by atoms with Crippen molar-refractivity contribution < 1.29 is 14.5 Å². The van der Waals surface area contributed by atoms with Crippen molar-refractivity contribution in [2.45, 2.75) is 32.4 Å². The Labute approximate surface area is 166 Å². The molecule has 9 nitrogen and oxygen atoms in total. The van der Waals surface area contributed by atoms with Crippen LogP contribution in [-0.2, 0) is 9.53 Å². The summed E-state index contributed by atoms with van der Waals surface area (Å²) in [5.74, 6) is -0.668. The fourth-order valence-electron chi connectivity index (χ4n) is 2.93. The number of anilines is 1. The number of aromatic nitrogens is 2. The topological polar surface area (TPSA) is 116 Å². The molecule has 1 N–H and O–H groups in total. The molecule has 9 heteroatoms. The van der Waals surface area contributed by atoms with Crippen LogP contribution in [0.4, 0.5) is 11.5 Å². The molecule has 150 valence electrons. The number of nitrogens with one attached hydrogen (secondary N) is 1. The first-order valence-electron chi connectivity index (χ1n) is 9.03. The van der Waals surface area contributed by atoms with E-state index < -0.39 is 28.2 Å². The summed E-state index contributed by atoms with van der Waals surface area (Å²) in [6.07, 6.45) is 1.03. The second kappa shape index (κ2) is 8.51. The highest BCUT2D eigenvalue weighted by Gasteiger charge is 2.27. The lowest BCUT2D eigenvalue weighted by Gasteiger charge is -2.20. The Hall–Kier alpha value is -3.75. The molecule has 2 aromatic heterocycles. The standard InChI is InChI=1S/C20H20N4O5/c1-13(2)29-17(25)12-15(14-8-4-3-5-9-14)21-19-18(24(27)28)20(26)23-11-7-6-10-16(23)22-19/h3-11,13,15,21H,12H2,1-2H3/t15-/m0/s1. The average Bonchev–Trinajstić information content (AvgIpc) is 2.67. The summed E-state index contributed by atoms with van der Waals surface area (Å²) in [5.41, 5.74) is -0.536. The smallest absolute Gasteiger partial charge is 0.376 e. The molecule has 3 rings (SSSR count). The summed E-state index contributed by atoms with van der Waals surface area (Å²) >= 11 is 0. The number of carbonyl (C=O) groups is 1. The minimum Gasteiger partial charge on any atom is -0.463 e. The van der Waals surface area contributed by atoms with Crippen molar-refractivity contribution in [2.75, 3.05) is 5.32 Å². The molecule has 29 heavy (non-hydrogen) atoms. The van der Waals surface area contributed by atoms with Crippen molar-refractivity contribution >= 4 is 23.1 Å². The number of pyridine rings is 1. The van der Waals surface area contributed by atoms with Gasteiger partial charge in [0, 0.05) is 6.20 Å². The Morgan fingerprint density at radius 3 is 2.55 bits per heavy atom. The molecular formula is C20H20N4O5. The Morgan fingerprint density at radius 2 is 1.90 bits per heavy atom. The van der Waals surface area contributed by atoms with E-state index in [2.05, 4.69) is 10.3 Å². The number of nitrogens with zero attached hydrogens (tertiary/aromatic N) is 3. The van der Waals surface area contributed by atoms with Crippen LogP contribution in [0.5, 0.6) is 0 Å². The summed E-state index contributed by atoms with van der Waals surface area (Å²) in [6, 6.07) is 13.1. The van der Waals surface area contributed by atoms with Gasteiger partial charge in [0.25, 0.3) is 0 Å². The Morgan fingerprint density at radius 1 is 1.21 bits per heavy atom. The van der Waals surface area contributed by atoms with E-state index in [1.165, 1.54) is 6.20 Å². The first-order chi connectivity index (χ1) is 13.9. The van der Waals surface area contributed by atoms with Gasteiger partial charge in [-0.15, -0.1) is 0 Å². The van der Waals surface area contributed by atoms with E-state index in [-0.39, 0.29) is 24.0 Å². The van der Waals surface area contributed by atoms with Crippen molar-refractivity contribution in [1.29, 1.82) is 0 Å². The highest BCUT2D eigenvalue weighted by Crippen LogP contribution is 2.27. The molecule has 0 saturated carbocycles. The van der Waals surface area contributed by atoms with E-state index >= 15 is 0 Å². The van der Waals surface area contributed by atoms with E-state index in [0.717, 1.165) is 4.40 Å². The molecule has 0 bridgehead atoms. The molecule has 1 aromatic carbocycles. The molecule has 2 heterocycles. The maximum atomic E-state index is 12.6. The maximum Gasteiger partial charge on any atom is 0.376 e. The van der Waals surface area contributed by atoms with Gasteiger partial charge in [0.2, 0.25) is 5.82 Å². The summed E-state index contributed by atoms with van der Waals surface area (Å²) in [5, 5.41) is 14.5. The third-order valence-electron chi connectivity index (χ3n) is 4.14. The van der Waals surface area contributed by atoms with Crippen LogP contribution < -0.4 is 10.9 Å². The number of esters is 1. The number of benzene rings is 1. The molecule has 0 unspecified atom stereocenters. The molecule has 0 aliphatic heterocycles. The number of hydrogen-bond donors (Lipinski definition) is 1.